The number of Topliss-reactive ketones (excluding diaryl/α,β-unsaturated/α-hetero) is 1. The second-order valence-electron chi connectivity index (χ2n) is 8.38. The lowest BCUT2D eigenvalue weighted by Gasteiger charge is -2.36. The molecule has 1 aromatic carbocycles. The van der Waals surface area contributed by atoms with Gasteiger partial charge in [0, 0.05) is 30.8 Å². The van der Waals surface area contributed by atoms with Crippen LogP contribution in [0, 0.1) is 16.7 Å². The third kappa shape index (κ3) is 3.29. The molecule has 1 N–H and O–H groups in total. The zero-order valence-corrected chi connectivity index (χ0v) is 16.7. The number of aromatic nitrogens is 1. The Bertz CT molecular complexity index is 1080. The fourth-order valence-corrected chi connectivity index (χ4v) is 4.29. The van der Waals surface area contributed by atoms with Crippen LogP contribution in [0.15, 0.2) is 54.0 Å². The first-order chi connectivity index (χ1) is 13.8. The summed E-state index contributed by atoms with van der Waals surface area (Å²) in [5.41, 5.74) is 3.99. The number of nitrogens with one attached hydrogen (secondary N) is 1. The number of carbonyl (C=O) groups is 2. The number of rotatable bonds is 1. The number of nitriles is 1. The van der Waals surface area contributed by atoms with Crippen molar-refractivity contribution in [1.29, 1.82) is 5.26 Å². The molecule has 0 spiro atoms. The van der Waals surface area contributed by atoms with Crippen LogP contribution in [0.25, 0.3) is 0 Å². The van der Waals surface area contributed by atoms with Gasteiger partial charge in [-0.3, -0.25) is 19.5 Å². The number of nitrogens with zero attached hydrogens (tertiary/aromatic N) is 3. The Balaban J connectivity index is 1.99. The van der Waals surface area contributed by atoms with Crippen LogP contribution in [0.5, 0.6) is 0 Å². The zero-order valence-electron chi connectivity index (χ0n) is 16.7. The first-order valence-corrected chi connectivity index (χ1v) is 9.58. The van der Waals surface area contributed by atoms with Crippen molar-refractivity contribution in [2.75, 3.05) is 10.2 Å². The zero-order chi connectivity index (χ0) is 20.8. The van der Waals surface area contributed by atoms with E-state index < -0.39 is 6.04 Å². The van der Waals surface area contributed by atoms with Crippen LogP contribution in [-0.4, -0.2) is 16.7 Å². The van der Waals surface area contributed by atoms with E-state index in [2.05, 4.69) is 30.2 Å². The van der Waals surface area contributed by atoms with Crippen molar-refractivity contribution in [3.8, 4) is 6.07 Å². The van der Waals surface area contributed by atoms with Crippen LogP contribution in [0.2, 0.25) is 0 Å². The van der Waals surface area contributed by atoms with Crippen LogP contribution in [-0.2, 0) is 9.59 Å². The number of hydrogen-bond donors (Lipinski definition) is 1. The predicted molar refractivity (Wildman–Crippen MR) is 110 cm³/mol. The molecule has 4 rings (SSSR count). The van der Waals surface area contributed by atoms with Gasteiger partial charge in [0.1, 0.15) is 0 Å². The number of carbonyl (C=O) groups excluding carboxylic acids is 2. The number of amides is 1. The Hall–Kier alpha value is -3.46. The Morgan fingerprint density at radius 1 is 1.24 bits per heavy atom. The first kappa shape index (κ1) is 18.9. The molecule has 2 aromatic rings. The Labute approximate surface area is 169 Å². The van der Waals surface area contributed by atoms with E-state index in [1.165, 1.54) is 6.92 Å². The predicted octanol–water partition coefficient (Wildman–Crippen LogP) is 4.12. The summed E-state index contributed by atoms with van der Waals surface area (Å²) in [4.78, 5) is 32.0. The molecule has 146 valence electrons. The molecule has 1 aromatic heterocycles. The quantitative estimate of drug-likeness (QED) is 0.797. The molecule has 6 nitrogen and oxygen atoms in total. The number of allylic oxidation sites excluding steroid dienone is 1. The highest BCUT2D eigenvalue weighted by molar-refractivity contribution is 6.05. The van der Waals surface area contributed by atoms with Crippen molar-refractivity contribution >= 4 is 23.1 Å². The SMILES string of the molecule is CC(=O)N1c2ccncc2NC2=C(C(=O)CC(C)(C)C2)C1c1ccc(C#N)cc1. The third-order valence-electron chi connectivity index (χ3n) is 5.49. The van der Waals surface area contributed by atoms with Gasteiger partial charge in [0.25, 0.3) is 0 Å². The molecule has 1 aliphatic heterocycles. The van der Waals surface area contributed by atoms with Crippen LogP contribution in [0.3, 0.4) is 0 Å². The second kappa shape index (κ2) is 6.85. The first-order valence-electron chi connectivity index (χ1n) is 9.58. The van der Waals surface area contributed by atoms with Crippen molar-refractivity contribution in [2.45, 2.75) is 39.7 Å². The summed E-state index contributed by atoms with van der Waals surface area (Å²) in [6.07, 6.45) is 4.44. The average molecular weight is 386 g/mol. The van der Waals surface area contributed by atoms with Gasteiger partial charge in [0.2, 0.25) is 5.91 Å². The van der Waals surface area contributed by atoms with Gasteiger partial charge in [-0.25, -0.2) is 0 Å². The topological polar surface area (TPSA) is 86.1 Å². The normalized spacial score (nSPS) is 20.1. The molecule has 0 saturated carbocycles. The second-order valence-corrected chi connectivity index (χ2v) is 8.38. The maximum absolute atomic E-state index is 13.3. The molecular weight excluding hydrogens is 364 g/mol. The lowest BCUT2D eigenvalue weighted by Crippen LogP contribution is -2.38. The van der Waals surface area contributed by atoms with Crippen molar-refractivity contribution in [3.05, 3.63) is 65.1 Å². The van der Waals surface area contributed by atoms with E-state index in [4.69, 9.17) is 5.26 Å². The van der Waals surface area contributed by atoms with Gasteiger partial charge in [-0.1, -0.05) is 26.0 Å². The summed E-state index contributed by atoms with van der Waals surface area (Å²) in [5.74, 6) is -0.134. The standard InChI is InChI=1S/C23H22N4O2/c1-14(28)27-19-8-9-25-13-18(19)26-17-10-23(2,3)11-20(29)21(17)22(27)16-6-4-15(12-24)5-7-16/h4-9,13,22,26H,10-11H2,1-3H3. The van der Waals surface area contributed by atoms with Gasteiger partial charge in [-0.15, -0.1) is 0 Å². The average Bonchev–Trinajstić information content (AvgIpc) is 2.81. The van der Waals surface area contributed by atoms with E-state index in [1.54, 1.807) is 35.5 Å². The van der Waals surface area contributed by atoms with Crippen molar-refractivity contribution in [2.24, 2.45) is 5.41 Å². The highest BCUT2D eigenvalue weighted by Gasteiger charge is 2.42. The van der Waals surface area contributed by atoms with Crippen LogP contribution < -0.4 is 10.2 Å². The summed E-state index contributed by atoms with van der Waals surface area (Å²) >= 11 is 0. The number of anilines is 2. The summed E-state index contributed by atoms with van der Waals surface area (Å²) in [6.45, 7) is 5.65. The molecule has 0 bridgehead atoms. The number of hydrogen-bond acceptors (Lipinski definition) is 5. The van der Waals surface area contributed by atoms with E-state index in [1.807, 2.05) is 12.1 Å². The smallest absolute Gasteiger partial charge is 0.224 e. The lowest BCUT2D eigenvalue weighted by molar-refractivity contribution is -0.118. The fourth-order valence-electron chi connectivity index (χ4n) is 4.29. The summed E-state index contributed by atoms with van der Waals surface area (Å²) in [5, 5.41) is 12.6. The van der Waals surface area contributed by atoms with Gasteiger partial charge in [0.05, 0.1) is 35.2 Å². The Morgan fingerprint density at radius 3 is 2.62 bits per heavy atom. The minimum atomic E-state index is -0.560. The Morgan fingerprint density at radius 2 is 1.97 bits per heavy atom. The largest absolute Gasteiger partial charge is 0.356 e. The maximum atomic E-state index is 13.3. The van der Waals surface area contributed by atoms with E-state index >= 15 is 0 Å². The highest BCUT2D eigenvalue weighted by Crippen LogP contribution is 2.48. The third-order valence-corrected chi connectivity index (χ3v) is 5.49. The van der Waals surface area contributed by atoms with E-state index in [0.717, 1.165) is 11.3 Å². The number of benzene rings is 1. The van der Waals surface area contributed by atoms with Gasteiger partial charge < -0.3 is 5.32 Å². The van der Waals surface area contributed by atoms with Gasteiger partial charge >= 0.3 is 0 Å². The molecule has 1 amide bonds. The van der Waals surface area contributed by atoms with Crippen LogP contribution in [0.4, 0.5) is 11.4 Å². The molecule has 6 heteroatoms. The number of ketones is 1. The molecule has 0 saturated heterocycles. The molecule has 29 heavy (non-hydrogen) atoms. The lowest BCUT2D eigenvalue weighted by atomic mass is 9.73. The molecule has 0 fully saturated rings. The van der Waals surface area contributed by atoms with Crippen molar-refractivity contribution in [1.82, 2.24) is 4.98 Å². The molecule has 2 heterocycles. The molecule has 2 aliphatic rings. The molecule has 0 radical (unpaired) electrons. The van der Waals surface area contributed by atoms with Gasteiger partial charge in [-0.2, -0.15) is 5.26 Å². The summed E-state index contributed by atoms with van der Waals surface area (Å²) < 4.78 is 0. The Kier molecular flexibility index (Phi) is 4.46. The van der Waals surface area contributed by atoms with Crippen molar-refractivity contribution < 1.29 is 9.59 Å². The minimum absolute atomic E-state index is 0.0325. The molecule has 1 unspecified atom stereocenters. The fraction of sp³-hybridized carbons (Fsp3) is 0.304. The molecule has 1 atom stereocenters. The van der Waals surface area contributed by atoms with Crippen molar-refractivity contribution in [3.63, 3.8) is 0 Å². The van der Waals surface area contributed by atoms with Crippen LogP contribution >= 0.6 is 0 Å². The van der Waals surface area contributed by atoms with E-state index in [-0.39, 0.29) is 17.1 Å². The highest BCUT2D eigenvalue weighted by atomic mass is 16.2. The summed E-state index contributed by atoms with van der Waals surface area (Å²) in [6, 6.07) is 10.4. The van der Waals surface area contributed by atoms with E-state index in [9.17, 15) is 9.59 Å². The maximum Gasteiger partial charge on any atom is 0.224 e. The van der Waals surface area contributed by atoms with Crippen LogP contribution in [0.1, 0.15) is 50.8 Å². The summed E-state index contributed by atoms with van der Waals surface area (Å²) in [7, 11) is 0. The van der Waals surface area contributed by atoms with Gasteiger partial charge in [0.15, 0.2) is 5.78 Å². The number of pyridine rings is 1. The van der Waals surface area contributed by atoms with Gasteiger partial charge in [-0.05, 0) is 35.6 Å². The van der Waals surface area contributed by atoms with E-state index in [0.29, 0.717) is 35.4 Å². The number of fused-ring (bicyclic) bond motifs is 1. The molecular formula is C23H22N4O2. The monoisotopic (exact) mass is 386 g/mol. The minimum Gasteiger partial charge on any atom is -0.356 e. The molecule has 1 aliphatic carbocycles.